The van der Waals surface area contributed by atoms with E-state index in [-0.39, 0.29) is 34.5 Å². The molecule has 35 heavy (non-hydrogen) atoms. The molecule has 3 atom stereocenters. The second kappa shape index (κ2) is 10.6. The highest BCUT2D eigenvalue weighted by Crippen LogP contribution is 2.34. The van der Waals surface area contributed by atoms with E-state index in [9.17, 15) is 23.6 Å². The standard InChI is InChI=1S/C24H28ClFN4O5/c1-35-24(34)18(11-14-3-2-8-27-21(14)31)30-22(32)16(9-12-4-5-12)29-23(33)17-10-13-6-7-15(26)19(25)20(13)28-17/h6-7,10,12,14,16,18,28H,2-5,8-9,11H2,1H3,(H,27,31)(H,29,33)(H,30,32)/t14-,16?,18?/m0/s1. The lowest BCUT2D eigenvalue weighted by Crippen LogP contribution is -2.53. The van der Waals surface area contributed by atoms with Crippen LogP contribution in [0.5, 0.6) is 0 Å². The van der Waals surface area contributed by atoms with Gasteiger partial charge in [-0.15, -0.1) is 0 Å². The van der Waals surface area contributed by atoms with Gasteiger partial charge in [0.05, 0.1) is 12.6 Å². The number of hydrogen-bond acceptors (Lipinski definition) is 5. The lowest BCUT2D eigenvalue weighted by molar-refractivity contribution is -0.146. The van der Waals surface area contributed by atoms with Gasteiger partial charge < -0.3 is 25.7 Å². The zero-order chi connectivity index (χ0) is 25.1. The first-order chi connectivity index (χ1) is 16.8. The van der Waals surface area contributed by atoms with E-state index in [0.717, 1.165) is 19.3 Å². The van der Waals surface area contributed by atoms with Crippen LogP contribution in [0.3, 0.4) is 0 Å². The molecular weight excluding hydrogens is 479 g/mol. The number of methoxy groups -OCH3 is 1. The summed E-state index contributed by atoms with van der Waals surface area (Å²) in [5, 5.41) is 8.61. The zero-order valence-electron chi connectivity index (χ0n) is 19.3. The summed E-state index contributed by atoms with van der Waals surface area (Å²) in [5.74, 6) is -2.63. The molecule has 1 saturated heterocycles. The number of halogens is 2. The van der Waals surface area contributed by atoms with Crippen molar-refractivity contribution in [2.75, 3.05) is 13.7 Å². The fourth-order valence-electron chi connectivity index (χ4n) is 4.39. The Labute approximate surface area is 206 Å². The zero-order valence-corrected chi connectivity index (χ0v) is 20.0. The van der Waals surface area contributed by atoms with Crippen molar-refractivity contribution in [3.63, 3.8) is 0 Å². The molecule has 2 aliphatic rings. The van der Waals surface area contributed by atoms with E-state index in [1.165, 1.54) is 25.3 Å². The van der Waals surface area contributed by atoms with E-state index in [1.54, 1.807) is 0 Å². The number of rotatable bonds is 9. The number of ether oxygens (including phenoxy) is 1. The van der Waals surface area contributed by atoms with Gasteiger partial charge in [0.1, 0.15) is 28.6 Å². The molecule has 1 aliphatic heterocycles. The maximum absolute atomic E-state index is 13.8. The number of esters is 1. The quantitative estimate of drug-likeness (QED) is 0.388. The summed E-state index contributed by atoms with van der Waals surface area (Å²) in [4.78, 5) is 53.5. The molecule has 2 fully saturated rings. The van der Waals surface area contributed by atoms with Crippen molar-refractivity contribution < 1.29 is 28.3 Å². The van der Waals surface area contributed by atoms with E-state index < -0.39 is 41.6 Å². The first-order valence-electron chi connectivity index (χ1n) is 11.7. The van der Waals surface area contributed by atoms with Gasteiger partial charge in [0, 0.05) is 17.8 Å². The van der Waals surface area contributed by atoms with Crippen molar-refractivity contribution in [3.8, 4) is 0 Å². The topological polar surface area (TPSA) is 129 Å². The Morgan fingerprint density at radius 2 is 1.94 bits per heavy atom. The lowest BCUT2D eigenvalue weighted by Gasteiger charge is -2.27. The van der Waals surface area contributed by atoms with Crippen molar-refractivity contribution in [1.82, 2.24) is 20.9 Å². The normalized spacial score (nSPS) is 19.5. The highest BCUT2D eigenvalue weighted by Gasteiger charge is 2.35. The Kier molecular flexibility index (Phi) is 7.59. The molecule has 1 aromatic heterocycles. The van der Waals surface area contributed by atoms with Crippen molar-refractivity contribution >= 4 is 46.2 Å². The van der Waals surface area contributed by atoms with Gasteiger partial charge in [0.2, 0.25) is 11.8 Å². The van der Waals surface area contributed by atoms with E-state index in [1.807, 2.05) is 0 Å². The van der Waals surface area contributed by atoms with Crippen LogP contribution in [-0.4, -0.2) is 54.4 Å². The van der Waals surface area contributed by atoms with Crippen LogP contribution in [0.4, 0.5) is 4.39 Å². The first kappa shape index (κ1) is 25.0. The third-order valence-corrected chi connectivity index (χ3v) is 6.91. The van der Waals surface area contributed by atoms with Crippen LogP contribution in [0.25, 0.3) is 10.9 Å². The van der Waals surface area contributed by atoms with Crippen molar-refractivity contribution in [3.05, 3.63) is 34.7 Å². The average Bonchev–Trinajstić information content (AvgIpc) is 3.55. The van der Waals surface area contributed by atoms with Gasteiger partial charge in [-0.2, -0.15) is 0 Å². The van der Waals surface area contributed by atoms with Crippen LogP contribution < -0.4 is 16.0 Å². The fourth-order valence-corrected chi connectivity index (χ4v) is 4.61. The minimum atomic E-state index is -1.02. The Bertz CT molecular complexity index is 1150. The number of fused-ring (bicyclic) bond motifs is 1. The molecule has 0 spiro atoms. The number of aromatic amines is 1. The van der Waals surface area contributed by atoms with Crippen molar-refractivity contribution in [2.45, 2.75) is 50.6 Å². The number of carbonyl (C=O) groups is 4. The lowest BCUT2D eigenvalue weighted by atomic mass is 9.91. The molecule has 1 saturated carbocycles. The van der Waals surface area contributed by atoms with Gasteiger partial charge in [0.25, 0.3) is 5.91 Å². The molecule has 11 heteroatoms. The SMILES string of the molecule is COC(=O)C(C[C@@H]1CCCNC1=O)NC(=O)C(CC1CC1)NC(=O)c1cc2ccc(F)c(Cl)c2[nH]1. The second-order valence-electron chi connectivity index (χ2n) is 9.16. The van der Waals surface area contributed by atoms with E-state index in [2.05, 4.69) is 20.9 Å². The molecule has 4 N–H and O–H groups in total. The largest absolute Gasteiger partial charge is 0.467 e. The smallest absolute Gasteiger partial charge is 0.328 e. The summed E-state index contributed by atoms with van der Waals surface area (Å²) >= 11 is 5.99. The third kappa shape index (κ3) is 5.93. The van der Waals surface area contributed by atoms with Crippen LogP contribution in [-0.2, 0) is 19.1 Å². The molecule has 2 aromatic rings. The number of benzene rings is 1. The van der Waals surface area contributed by atoms with Crippen LogP contribution in [0.1, 0.15) is 49.0 Å². The Morgan fingerprint density at radius 3 is 2.63 bits per heavy atom. The summed E-state index contributed by atoms with van der Waals surface area (Å²) in [6.45, 7) is 0.589. The molecule has 3 amide bonds. The molecule has 1 aromatic carbocycles. The molecule has 0 radical (unpaired) electrons. The Balaban J connectivity index is 1.48. The van der Waals surface area contributed by atoms with Gasteiger partial charge in [0.15, 0.2) is 0 Å². The number of amides is 3. The van der Waals surface area contributed by atoms with E-state index in [0.29, 0.717) is 24.8 Å². The number of aromatic nitrogens is 1. The van der Waals surface area contributed by atoms with Gasteiger partial charge in [-0.1, -0.05) is 24.4 Å². The summed E-state index contributed by atoms with van der Waals surface area (Å²) in [6, 6.07) is 2.32. The third-order valence-electron chi connectivity index (χ3n) is 6.54. The van der Waals surface area contributed by atoms with Crippen LogP contribution in [0.15, 0.2) is 18.2 Å². The molecule has 2 heterocycles. The number of hydrogen-bond donors (Lipinski definition) is 4. The van der Waals surface area contributed by atoms with Gasteiger partial charge >= 0.3 is 5.97 Å². The minimum Gasteiger partial charge on any atom is -0.467 e. The van der Waals surface area contributed by atoms with Crippen molar-refractivity contribution in [1.29, 1.82) is 0 Å². The van der Waals surface area contributed by atoms with Gasteiger partial charge in [-0.3, -0.25) is 14.4 Å². The average molecular weight is 507 g/mol. The molecule has 9 nitrogen and oxygen atoms in total. The summed E-state index contributed by atoms with van der Waals surface area (Å²) < 4.78 is 18.6. The van der Waals surface area contributed by atoms with E-state index in [4.69, 9.17) is 16.3 Å². The summed E-state index contributed by atoms with van der Waals surface area (Å²) in [6.07, 6.45) is 3.82. The number of H-pyrrole nitrogens is 1. The maximum atomic E-state index is 13.8. The maximum Gasteiger partial charge on any atom is 0.328 e. The van der Waals surface area contributed by atoms with Gasteiger partial charge in [-0.05, 0) is 49.8 Å². The molecule has 4 rings (SSSR count). The molecule has 188 valence electrons. The van der Waals surface area contributed by atoms with Crippen molar-refractivity contribution in [2.24, 2.45) is 11.8 Å². The van der Waals surface area contributed by atoms with E-state index >= 15 is 0 Å². The first-order valence-corrected chi connectivity index (χ1v) is 12.1. The molecule has 1 aliphatic carbocycles. The Morgan fingerprint density at radius 1 is 1.17 bits per heavy atom. The summed E-state index contributed by atoms with van der Waals surface area (Å²) in [7, 11) is 1.22. The van der Waals surface area contributed by atoms with Crippen LogP contribution in [0.2, 0.25) is 5.02 Å². The highest BCUT2D eigenvalue weighted by atomic mass is 35.5. The van der Waals surface area contributed by atoms with Gasteiger partial charge in [-0.25, -0.2) is 9.18 Å². The highest BCUT2D eigenvalue weighted by molar-refractivity contribution is 6.35. The Hall–Kier alpha value is -3.14. The minimum absolute atomic E-state index is 0.112. The predicted molar refractivity (Wildman–Crippen MR) is 126 cm³/mol. The monoisotopic (exact) mass is 506 g/mol. The summed E-state index contributed by atoms with van der Waals surface area (Å²) in [5.41, 5.74) is 0.418. The predicted octanol–water partition coefficient (Wildman–Crippen LogP) is 2.43. The second-order valence-corrected chi connectivity index (χ2v) is 9.54. The molecule has 2 unspecified atom stereocenters. The number of nitrogens with one attached hydrogen (secondary N) is 4. The number of piperidine rings is 1. The molecular formula is C24H28ClFN4O5. The van der Waals surface area contributed by atoms with Crippen LogP contribution >= 0.6 is 11.6 Å². The number of carbonyl (C=O) groups excluding carboxylic acids is 4. The fraction of sp³-hybridized carbons (Fsp3) is 0.500. The van der Waals surface area contributed by atoms with Crippen LogP contribution in [0, 0.1) is 17.7 Å². The molecule has 0 bridgehead atoms.